The number of likely N-dealkylation sites (N-methyl/N-ethyl adjacent to an activating group) is 1. The summed E-state index contributed by atoms with van der Waals surface area (Å²) in [6.07, 6.45) is 0.912. The predicted octanol–water partition coefficient (Wildman–Crippen LogP) is 2.43. The van der Waals surface area contributed by atoms with Gasteiger partial charge in [0.05, 0.1) is 0 Å². The van der Waals surface area contributed by atoms with Crippen LogP contribution in [0.1, 0.15) is 12.8 Å². The molecule has 0 aliphatic carbocycles. The number of nitrogens with zero attached hydrogens (tertiary/aromatic N) is 2. The fourth-order valence-electron chi connectivity index (χ4n) is 2.54. The average molecular weight is 327 g/mol. The molecule has 0 radical (unpaired) electrons. The second kappa shape index (κ2) is 6.39. The van der Waals surface area contributed by atoms with Gasteiger partial charge in [-0.1, -0.05) is 22.0 Å². The fourth-order valence-corrected chi connectivity index (χ4v) is 2.93. The molecular weight excluding hydrogens is 308 g/mol. The Kier molecular flexibility index (Phi) is 4.82. The Bertz CT molecular complexity index is 453. The van der Waals surface area contributed by atoms with Crippen LogP contribution in [0.15, 0.2) is 28.7 Å². The Balaban J connectivity index is 2.13. The number of halogens is 1. The second-order valence-corrected chi connectivity index (χ2v) is 5.94. The maximum absolute atomic E-state index is 10.8. The van der Waals surface area contributed by atoms with Crippen molar-refractivity contribution in [2.24, 2.45) is 0 Å². The Morgan fingerprint density at radius 1 is 1.47 bits per heavy atom. The van der Waals surface area contributed by atoms with E-state index >= 15 is 0 Å². The first-order valence-electron chi connectivity index (χ1n) is 6.49. The predicted molar refractivity (Wildman–Crippen MR) is 79.6 cm³/mol. The van der Waals surface area contributed by atoms with E-state index in [9.17, 15) is 4.79 Å². The molecule has 1 aromatic carbocycles. The molecule has 1 heterocycles. The zero-order valence-electron chi connectivity index (χ0n) is 11.1. The molecule has 1 aromatic rings. The summed E-state index contributed by atoms with van der Waals surface area (Å²) < 4.78 is 1.06. The van der Waals surface area contributed by atoms with Gasteiger partial charge in [-0.05, 0) is 31.7 Å². The lowest BCUT2D eigenvalue weighted by Gasteiger charge is -2.41. The Hall–Kier alpha value is -1.07. The average Bonchev–Trinajstić information content (AvgIpc) is 2.36. The topological polar surface area (TPSA) is 43.8 Å². The minimum atomic E-state index is -0.720. The fraction of sp³-hybridized carbons (Fsp3) is 0.500. The van der Waals surface area contributed by atoms with E-state index < -0.39 is 5.97 Å². The van der Waals surface area contributed by atoms with Gasteiger partial charge in [-0.2, -0.15) is 0 Å². The van der Waals surface area contributed by atoms with Gasteiger partial charge in [-0.25, -0.2) is 0 Å². The van der Waals surface area contributed by atoms with Crippen LogP contribution in [0, 0.1) is 0 Å². The van der Waals surface area contributed by atoms with Gasteiger partial charge in [0, 0.05) is 42.3 Å². The molecule has 2 rings (SSSR count). The van der Waals surface area contributed by atoms with Gasteiger partial charge in [0.25, 0.3) is 0 Å². The molecule has 1 fully saturated rings. The quantitative estimate of drug-likeness (QED) is 0.922. The van der Waals surface area contributed by atoms with Crippen LogP contribution in [0.4, 0.5) is 5.69 Å². The van der Waals surface area contributed by atoms with Crippen molar-refractivity contribution in [2.45, 2.75) is 18.9 Å². The molecule has 0 spiro atoms. The summed E-state index contributed by atoms with van der Waals surface area (Å²) in [6, 6.07) is 8.48. The normalized spacial score (nSPS) is 20.5. The summed E-state index contributed by atoms with van der Waals surface area (Å²) in [5, 5.41) is 8.87. The number of benzene rings is 1. The summed E-state index contributed by atoms with van der Waals surface area (Å²) in [6.45, 7) is 2.87. The molecule has 1 N–H and O–H groups in total. The number of hydrogen-bond donors (Lipinski definition) is 1. The van der Waals surface area contributed by atoms with Crippen molar-refractivity contribution in [3.8, 4) is 0 Å². The monoisotopic (exact) mass is 326 g/mol. The number of aliphatic carboxylic acids is 1. The Morgan fingerprint density at radius 3 is 2.95 bits per heavy atom. The van der Waals surface area contributed by atoms with Crippen LogP contribution in [0.2, 0.25) is 0 Å². The molecule has 5 heteroatoms. The lowest BCUT2D eigenvalue weighted by Crippen LogP contribution is -2.52. The van der Waals surface area contributed by atoms with Crippen molar-refractivity contribution >= 4 is 27.6 Å². The number of carbonyl (C=O) groups is 1. The highest BCUT2D eigenvalue weighted by molar-refractivity contribution is 9.10. The molecule has 0 bridgehead atoms. The van der Waals surface area contributed by atoms with Crippen molar-refractivity contribution in [3.05, 3.63) is 28.7 Å². The van der Waals surface area contributed by atoms with Crippen LogP contribution >= 0.6 is 15.9 Å². The number of carboxylic acid groups (broad SMARTS) is 1. The summed E-state index contributed by atoms with van der Waals surface area (Å²) in [5.74, 6) is -0.720. The van der Waals surface area contributed by atoms with E-state index in [1.807, 2.05) is 12.1 Å². The van der Waals surface area contributed by atoms with Gasteiger partial charge in [-0.3, -0.25) is 4.79 Å². The maximum atomic E-state index is 10.8. The summed E-state index contributed by atoms with van der Waals surface area (Å²) in [5.41, 5.74) is 1.16. The Morgan fingerprint density at radius 2 is 2.26 bits per heavy atom. The van der Waals surface area contributed by atoms with Crippen LogP contribution in [0.3, 0.4) is 0 Å². The third-order valence-corrected chi connectivity index (χ3v) is 4.01. The minimum absolute atomic E-state index is 0.225. The van der Waals surface area contributed by atoms with Gasteiger partial charge in [0.2, 0.25) is 0 Å². The highest BCUT2D eigenvalue weighted by Crippen LogP contribution is 2.25. The lowest BCUT2D eigenvalue weighted by molar-refractivity contribution is -0.137. The highest BCUT2D eigenvalue weighted by atomic mass is 79.9. The van der Waals surface area contributed by atoms with Crippen LogP contribution in [0.25, 0.3) is 0 Å². The molecular formula is C14H19BrN2O2. The molecule has 0 aromatic heterocycles. The molecule has 1 unspecified atom stereocenters. The molecule has 1 atom stereocenters. The van der Waals surface area contributed by atoms with Crippen molar-refractivity contribution in [1.82, 2.24) is 4.90 Å². The molecule has 0 amide bonds. The Labute approximate surface area is 122 Å². The smallest absolute Gasteiger partial charge is 0.303 e. The number of rotatable bonds is 4. The molecule has 1 saturated heterocycles. The number of carboxylic acids is 1. The molecule has 0 saturated carbocycles. The second-order valence-electron chi connectivity index (χ2n) is 5.02. The van der Waals surface area contributed by atoms with E-state index in [0.717, 1.165) is 29.8 Å². The van der Waals surface area contributed by atoms with Gasteiger partial charge in [-0.15, -0.1) is 0 Å². The van der Waals surface area contributed by atoms with E-state index in [1.165, 1.54) is 0 Å². The van der Waals surface area contributed by atoms with E-state index in [-0.39, 0.29) is 12.5 Å². The highest BCUT2D eigenvalue weighted by Gasteiger charge is 2.25. The third-order valence-electron chi connectivity index (χ3n) is 3.52. The molecule has 4 nitrogen and oxygen atoms in total. The van der Waals surface area contributed by atoms with Crippen LogP contribution in [-0.2, 0) is 4.79 Å². The zero-order valence-corrected chi connectivity index (χ0v) is 12.6. The lowest BCUT2D eigenvalue weighted by atomic mass is 10.1. The molecule has 19 heavy (non-hydrogen) atoms. The maximum Gasteiger partial charge on any atom is 0.303 e. The first-order chi connectivity index (χ1) is 9.06. The van der Waals surface area contributed by atoms with Crippen LogP contribution in [0.5, 0.6) is 0 Å². The van der Waals surface area contributed by atoms with Crippen molar-refractivity contribution in [3.63, 3.8) is 0 Å². The first-order valence-corrected chi connectivity index (χ1v) is 7.28. The molecule has 1 aliphatic heterocycles. The minimum Gasteiger partial charge on any atom is -0.481 e. The van der Waals surface area contributed by atoms with Crippen molar-refractivity contribution < 1.29 is 9.90 Å². The van der Waals surface area contributed by atoms with E-state index in [0.29, 0.717) is 6.42 Å². The largest absolute Gasteiger partial charge is 0.481 e. The van der Waals surface area contributed by atoms with Gasteiger partial charge >= 0.3 is 5.97 Å². The summed E-state index contributed by atoms with van der Waals surface area (Å²) in [7, 11) is 2.09. The number of hydrogen-bond acceptors (Lipinski definition) is 3. The van der Waals surface area contributed by atoms with Gasteiger partial charge in [0.1, 0.15) is 0 Å². The van der Waals surface area contributed by atoms with Gasteiger partial charge in [0.15, 0.2) is 0 Å². The van der Waals surface area contributed by atoms with Gasteiger partial charge < -0.3 is 14.9 Å². The van der Waals surface area contributed by atoms with E-state index in [2.05, 4.69) is 44.9 Å². The number of piperazine rings is 1. The molecule has 104 valence electrons. The summed E-state index contributed by atoms with van der Waals surface area (Å²) >= 11 is 3.49. The summed E-state index contributed by atoms with van der Waals surface area (Å²) in [4.78, 5) is 15.4. The van der Waals surface area contributed by atoms with E-state index in [4.69, 9.17) is 5.11 Å². The zero-order chi connectivity index (χ0) is 13.8. The third kappa shape index (κ3) is 3.94. The van der Waals surface area contributed by atoms with Crippen molar-refractivity contribution in [1.29, 1.82) is 0 Å². The van der Waals surface area contributed by atoms with Crippen LogP contribution < -0.4 is 4.90 Å². The van der Waals surface area contributed by atoms with Crippen LogP contribution in [-0.4, -0.2) is 48.7 Å². The van der Waals surface area contributed by atoms with E-state index in [1.54, 1.807) is 0 Å². The first kappa shape index (κ1) is 14.3. The molecule has 1 aliphatic rings. The SMILES string of the molecule is CN1CCN(c2cccc(Br)c2)C(CCC(=O)O)C1. The van der Waals surface area contributed by atoms with Crippen molar-refractivity contribution in [2.75, 3.05) is 31.6 Å². The number of anilines is 1. The standard InChI is InChI=1S/C14H19BrN2O2/c1-16-7-8-17(12-4-2-3-11(15)9-12)13(10-16)5-6-14(18)19/h2-4,9,13H,5-8,10H2,1H3,(H,18,19).